The highest BCUT2D eigenvalue weighted by Gasteiger charge is 2.30. The van der Waals surface area contributed by atoms with Crippen molar-refractivity contribution < 1.29 is 17.8 Å². The number of aromatic nitrogens is 2. The van der Waals surface area contributed by atoms with Crippen molar-refractivity contribution >= 4 is 28.2 Å². The van der Waals surface area contributed by atoms with Crippen molar-refractivity contribution in [2.24, 2.45) is 0 Å². The van der Waals surface area contributed by atoms with Gasteiger partial charge < -0.3 is 5.73 Å². The average molecular weight is 291 g/mol. The molecule has 1 fully saturated rings. The first-order valence-electron chi connectivity index (χ1n) is 9.35. The van der Waals surface area contributed by atoms with Crippen molar-refractivity contribution in [3.63, 3.8) is 0 Å². The molecule has 2 aromatic rings. The number of nitrogens with zero attached hydrogens (tertiary/aromatic N) is 2. The molecule has 1 saturated carbocycles. The lowest BCUT2D eigenvalue weighted by atomic mass is 9.92. The standard InChI is InChI=1S/C15H15N3O3/c1-8-17-11-4-2-3-10(16)14(11)15(21)18(8)12-6-5-9(19)7-13(12)20/h2-4,12H,5-7,16H2,1H3/i1D,4D,5D2,6D,12D. The molecule has 1 aliphatic rings. The van der Waals surface area contributed by atoms with Crippen LogP contribution in [-0.2, 0) is 9.59 Å². The van der Waals surface area contributed by atoms with E-state index in [1.807, 2.05) is 0 Å². The van der Waals surface area contributed by atoms with Crippen LogP contribution in [0.4, 0.5) is 5.69 Å². The van der Waals surface area contributed by atoms with E-state index < -0.39 is 55.1 Å². The SMILES string of the molecule is [2H]Cc1nc2c([2H])ccc(N)c2c(=O)n1C1([2H])C(=O)CC(=O)C([2H])([2H])C1[2H]. The smallest absolute Gasteiger partial charge is 0.264 e. The minimum atomic E-state index is -2.84. The number of carbonyl (C=O) groups is 2. The fourth-order valence-corrected chi connectivity index (χ4v) is 2.18. The Labute approximate surface area is 129 Å². The Kier molecular flexibility index (Phi) is 1.84. The maximum absolute atomic E-state index is 13.1. The fourth-order valence-electron chi connectivity index (χ4n) is 2.18. The van der Waals surface area contributed by atoms with Gasteiger partial charge in [-0.3, -0.25) is 19.0 Å². The van der Waals surface area contributed by atoms with Gasteiger partial charge in [0.05, 0.1) is 26.1 Å². The number of carbonyl (C=O) groups excluding carboxylic acids is 2. The fraction of sp³-hybridized carbons (Fsp3) is 0.333. The quantitative estimate of drug-likeness (QED) is 0.628. The van der Waals surface area contributed by atoms with Crippen LogP contribution in [-0.4, -0.2) is 21.1 Å². The van der Waals surface area contributed by atoms with Gasteiger partial charge in [0, 0.05) is 17.5 Å². The summed E-state index contributed by atoms with van der Waals surface area (Å²) in [6, 6.07) is -0.371. The molecule has 2 N–H and O–H groups in total. The number of rotatable bonds is 1. The number of anilines is 1. The van der Waals surface area contributed by atoms with E-state index in [1.165, 1.54) is 12.1 Å². The third-order valence-corrected chi connectivity index (χ3v) is 3.14. The van der Waals surface area contributed by atoms with Gasteiger partial charge >= 0.3 is 0 Å². The van der Waals surface area contributed by atoms with Crippen LogP contribution in [0.1, 0.15) is 39.3 Å². The van der Waals surface area contributed by atoms with Crippen molar-refractivity contribution in [3.05, 3.63) is 34.4 Å². The van der Waals surface area contributed by atoms with Crippen LogP contribution in [0.2, 0.25) is 0 Å². The lowest BCUT2D eigenvalue weighted by molar-refractivity contribution is -0.132. The number of benzene rings is 1. The molecule has 2 unspecified atom stereocenters. The van der Waals surface area contributed by atoms with Crippen LogP contribution < -0.4 is 11.3 Å². The average Bonchev–Trinajstić information content (AvgIpc) is 2.61. The number of ketones is 2. The predicted molar refractivity (Wildman–Crippen MR) is 78.1 cm³/mol. The van der Waals surface area contributed by atoms with Gasteiger partial charge in [-0.1, -0.05) is 6.07 Å². The first-order valence-corrected chi connectivity index (χ1v) is 6.07. The van der Waals surface area contributed by atoms with Crippen LogP contribution in [0.5, 0.6) is 0 Å². The second-order valence-electron chi connectivity index (χ2n) is 4.52. The lowest BCUT2D eigenvalue weighted by Gasteiger charge is -2.24. The van der Waals surface area contributed by atoms with Crippen molar-refractivity contribution in [1.29, 1.82) is 0 Å². The maximum Gasteiger partial charge on any atom is 0.264 e. The van der Waals surface area contributed by atoms with Gasteiger partial charge in [0.1, 0.15) is 11.6 Å². The summed E-state index contributed by atoms with van der Waals surface area (Å²) < 4.78 is 48.2. The van der Waals surface area contributed by atoms with Crippen molar-refractivity contribution in [3.8, 4) is 0 Å². The normalized spacial score (nSPS) is 32.7. The number of hydrogen-bond donors (Lipinski definition) is 1. The highest BCUT2D eigenvalue weighted by atomic mass is 16.2. The minimum Gasteiger partial charge on any atom is -0.398 e. The van der Waals surface area contributed by atoms with E-state index in [0.29, 0.717) is 4.57 Å². The number of nitrogen functional groups attached to an aromatic ring is 1. The third-order valence-electron chi connectivity index (χ3n) is 3.14. The molecule has 6 nitrogen and oxygen atoms in total. The number of hydrogen-bond acceptors (Lipinski definition) is 5. The summed E-state index contributed by atoms with van der Waals surface area (Å²) in [4.78, 5) is 41.4. The Morgan fingerprint density at radius 2 is 2.38 bits per heavy atom. The molecule has 0 spiro atoms. The Bertz CT molecular complexity index is 1050. The molecule has 6 heteroatoms. The van der Waals surface area contributed by atoms with Gasteiger partial charge in [0.15, 0.2) is 5.78 Å². The first-order chi connectivity index (χ1) is 12.5. The van der Waals surface area contributed by atoms with E-state index in [2.05, 4.69) is 4.98 Å². The van der Waals surface area contributed by atoms with Gasteiger partial charge in [-0.2, -0.15) is 0 Å². The monoisotopic (exact) mass is 291 g/mol. The second-order valence-corrected chi connectivity index (χ2v) is 4.52. The molecule has 21 heavy (non-hydrogen) atoms. The molecular weight excluding hydrogens is 270 g/mol. The second kappa shape index (κ2) is 4.80. The van der Waals surface area contributed by atoms with Crippen LogP contribution in [0.15, 0.2) is 23.0 Å². The van der Waals surface area contributed by atoms with E-state index in [-0.39, 0.29) is 22.6 Å². The van der Waals surface area contributed by atoms with Gasteiger partial charge in [0.25, 0.3) is 5.56 Å². The third kappa shape index (κ3) is 2.12. The van der Waals surface area contributed by atoms with E-state index in [1.54, 1.807) is 0 Å². The lowest BCUT2D eigenvalue weighted by Crippen LogP contribution is -2.36. The van der Waals surface area contributed by atoms with Gasteiger partial charge in [-0.25, -0.2) is 4.98 Å². The molecular formula is C15H15N3O3. The number of aryl methyl sites for hydroxylation is 1. The highest BCUT2D eigenvalue weighted by Crippen LogP contribution is 2.24. The summed E-state index contributed by atoms with van der Waals surface area (Å²) in [5.41, 5.74) is 4.58. The van der Waals surface area contributed by atoms with E-state index >= 15 is 0 Å². The van der Waals surface area contributed by atoms with E-state index in [9.17, 15) is 14.4 Å². The maximum atomic E-state index is 13.1. The van der Waals surface area contributed by atoms with Crippen molar-refractivity contribution in [2.45, 2.75) is 32.1 Å². The zero-order valence-electron chi connectivity index (χ0n) is 16.8. The Hall–Kier alpha value is -2.50. The summed E-state index contributed by atoms with van der Waals surface area (Å²) >= 11 is 0. The topological polar surface area (TPSA) is 95.0 Å². The van der Waals surface area contributed by atoms with Crippen LogP contribution >= 0.6 is 0 Å². The summed E-state index contributed by atoms with van der Waals surface area (Å²) in [5.74, 6) is -2.67. The molecule has 3 rings (SSSR count). The molecule has 0 aliphatic heterocycles. The molecule has 2 atom stereocenters. The zero-order valence-corrected chi connectivity index (χ0v) is 10.8. The van der Waals surface area contributed by atoms with Crippen LogP contribution in [0.3, 0.4) is 0 Å². The summed E-state index contributed by atoms with van der Waals surface area (Å²) in [5, 5.41) is -0.260. The molecule has 0 amide bonds. The Morgan fingerprint density at radius 3 is 3.14 bits per heavy atom. The van der Waals surface area contributed by atoms with Gasteiger partial charge in [-0.15, -0.1) is 0 Å². The van der Waals surface area contributed by atoms with Crippen LogP contribution in [0, 0.1) is 6.90 Å². The summed E-state index contributed by atoms with van der Waals surface area (Å²) in [7, 11) is 0. The molecule has 0 saturated heterocycles. The number of fused-ring (bicyclic) bond motifs is 1. The van der Waals surface area contributed by atoms with Gasteiger partial charge in [0.2, 0.25) is 0 Å². The Morgan fingerprint density at radius 1 is 1.57 bits per heavy atom. The summed E-state index contributed by atoms with van der Waals surface area (Å²) in [6.45, 7) is -0.670. The molecule has 0 radical (unpaired) electrons. The number of Topliss-reactive ketones (excluding diaryl/α,β-unsaturated/α-hetero) is 2. The van der Waals surface area contributed by atoms with E-state index in [0.717, 1.165) is 0 Å². The summed E-state index contributed by atoms with van der Waals surface area (Å²) in [6.07, 6.45) is -6.05. The Balaban J connectivity index is 2.45. The highest BCUT2D eigenvalue weighted by molar-refractivity contribution is 6.03. The van der Waals surface area contributed by atoms with Crippen LogP contribution in [0.25, 0.3) is 10.9 Å². The minimum absolute atomic E-state index is 0.0729. The number of nitrogens with two attached hydrogens (primary N) is 1. The first kappa shape index (κ1) is 8.07. The largest absolute Gasteiger partial charge is 0.398 e. The van der Waals surface area contributed by atoms with Crippen molar-refractivity contribution in [2.75, 3.05) is 5.73 Å². The molecule has 1 aromatic heterocycles. The molecule has 1 heterocycles. The zero-order chi connectivity index (χ0) is 20.3. The predicted octanol–water partition coefficient (Wildman–Crippen LogP) is 1.15. The molecule has 0 bridgehead atoms. The molecule has 108 valence electrons. The van der Waals surface area contributed by atoms with E-state index in [4.69, 9.17) is 14.0 Å². The van der Waals surface area contributed by atoms with Crippen molar-refractivity contribution in [1.82, 2.24) is 9.55 Å². The van der Waals surface area contributed by atoms with Gasteiger partial charge in [-0.05, 0) is 25.4 Å². The molecule has 1 aromatic carbocycles. The molecule has 1 aliphatic carbocycles.